The predicted molar refractivity (Wildman–Crippen MR) is 56.7 cm³/mol. The fraction of sp³-hybridized carbons (Fsp3) is 1.00. The maximum absolute atomic E-state index is 3.68. The van der Waals surface area contributed by atoms with Gasteiger partial charge < -0.3 is 5.32 Å². The molecule has 0 spiro atoms. The summed E-state index contributed by atoms with van der Waals surface area (Å²) < 4.78 is 0. The van der Waals surface area contributed by atoms with Crippen LogP contribution in [0.2, 0.25) is 0 Å². The van der Waals surface area contributed by atoms with Crippen LogP contribution in [0.25, 0.3) is 0 Å². The topological polar surface area (TPSA) is 12.0 Å². The van der Waals surface area contributed by atoms with Gasteiger partial charge in [0.15, 0.2) is 0 Å². The quantitative estimate of drug-likeness (QED) is 0.690. The van der Waals surface area contributed by atoms with E-state index in [0.717, 1.165) is 18.0 Å². The van der Waals surface area contributed by atoms with Gasteiger partial charge in [0.05, 0.1) is 0 Å². The molecule has 1 heteroatoms. The molecule has 2 saturated heterocycles. The molecule has 1 aliphatic carbocycles. The summed E-state index contributed by atoms with van der Waals surface area (Å²) in [4.78, 5) is 0. The Kier molecular flexibility index (Phi) is 2.39. The largest absolute Gasteiger partial charge is 0.311 e. The molecular formula is C12H23N. The van der Waals surface area contributed by atoms with Gasteiger partial charge in [0.25, 0.3) is 0 Å². The van der Waals surface area contributed by atoms with E-state index in [1.165, 1.54) is 32.1 Å². The summed E-state index contributed by atoms with van der Waals surface area (Å²) >= 11 is 0. The van der Waals surface area contributed by atoms with Gasteiger partial charge in [-0.1, -0.05) is 27.2 Å². The highest BCUT2D eigenvalue weighted by atomic mass is 15.0. The Bertz CT molecular complexity index is 184. The van der Waals surface area contributed by atoms with Crippen LogP contribution < -0.4 is 5.32 Å². The molecule has 3 fully saturated rings. The van der Waals surface area contributed by atoms with Gasteiger partial charge in [-0.2, -0.15) is 0 Å². The first-order valence-electron chi connectivity index (χ1n) is 5.90. The third-order valence-electron chi connectivity index (χ3n) is 4.62. The lowest BCUT2D eigenvalue weighted by Gasteiger charge is -2.39. The molecule has 76 valence electrons. The molecule has 3 rings (SSSR count). The second-order valence-electron chi connectivity index (χ2n) is 5.50. The Hall–Kier alpha value is -0.0400. The third kappa shape index (κ3) is 1.63. The standard InChI is InChI=1S/C12H23N/c1-4-9(2)12(3)6-5-10-7-11(8-12)13-10/h9-11,13H,4-8H2,1-3H3. The second-order valence-corrected chi connectivity index (χ2v) is 5.50. The van der Waals surface area contributed by atoms with E-state index < -0.39 is 0 Å². The minimum absolute atomic E-state index is 0.623. The molecule has 0 radical (unpaired) electrons. The zero-order chi connectivity index (χ0) is 9.47. The van der Waals surface area contributed by atoms with E-state index in [1.807, 2.05) is 0 Å². The maximum atomic E-state index is 3.68. The number of nitrogens with one attached hydrogen (secondary N) is 1. The SMILES string of the molecule is CCC(C)C1(C)CCC2CC(C1)N2. The van der Waals surface area contributed by atoms with Crippen molar-refractivity contribution >= 4 is 0 Å². The first kappa shape index (κ1) is 9.51. The van der Waals surface area contributed by atoms with Crippen LogP contribution in [-0.4, -0.2) is 12.1 Å². The highest BCUT2D eigenvalue weighted by Gasteiger charge is 2.41. The molecule has 0 aromatic heterocycles. The van der Waals surface area contributed by atoms with E-state index in [1.54, 1.807) is 0 Å². The lowest BCUT2D eigenvalue weighted by atomic mass is 9.71. The van der Waals surface area contributed by atoms with Crippen molar-refractivity contribution in [1.29, 1.82) is 0 Å². The van der Waals surface area contributed by atoms with E-state index in [-0.39, 0.29) is 0 Å². The summed E-state index contributed by atoms with van der Waals surface area (Å²) in [5, 5.41) is 3.68. The lowest BCUT2D eigenvalue weighted by Crippen LogP contribution is -2.51. The maximum Gasteiger partial charge on any atom is 0.00897 e. The normalized spacial score (nSPS) is 46.4. The molecule has 0 aromatic rings. The fourth-order valence-corrected chi connectivity index (χ4v) is 3.11. The molecular weight excluding hydrogens is 158 g/mol. The van der Waals surface area contributed by atoms with Crippen LogP contribution in [0.3, 0.4) is 0 Å². The molecule has 0 aromatic carbocycles. The van der Waals surface area contributed by atoms with Crippen molar-refractivity contribution in [1.82, 2.24) is 5.32 Å². The molecule has 0 amide bonds. The van der Waals surface area contributed by atoms with Gasteiger partial charge in [-0.3, -0.25) is 0 Å². The van der Waals surface area contributed by atoms with Crippen molar-refractivity contribution in [3.05, 3.63) is 0 Å². The van der Waals surface area contributed by atoms with E-state index >= 15 is 0 Å². The molecule has 2 bridgehead atoms. The molecule has 1 N–H and O–H groups in total. The van der Waals surface area contributed by atoms with Crippen LogP contribution in [0.4, 0.5) is 0 Å². The molecule has 1 nitrogen and oxygen atoms in total. The van der Waals surface area contributed by atoms with Crippen LogP contribution in [0.1, 0.15) is 52.9 Å². The second kappa shape index (κ2) is 3.27. The minimum atomic E-state index is 0.623. The zero-order valence-corrected chi connectivity index (χ0v) is 9.27. The first-order valence-corrected chi connectivity index (χ1v) is 5.90. The van der Waals surface area contributed by atoms with Gasteiger partial charge in [0.1, 0.15) is 0 Å². The first-order chi connectivity index (χ1) is 6.14. The molecule has 2 heterocycles. The number of fused-ring (bicyclic) bond motifs is 3. The van der Waals surface area contributed by atoms with Gasteiger partial charge in [-0.25, -0.2) is 0 Å². The van der Waals surface area contributed by atoms with Gasteiger partial charge in [-0.05, 0) is 37.0 Å². The lowest BCUT2D eigenvalue weighted by molar-refractivity contribution is 0.152. The Balaban J connectivity index is 2.04. The third-order valence-corrected chi connectivity index (χ3v) is 4.62. The van der Waals surface area contributed by atoms with Crippen molar-refractivity contribution < 1.29 is 0 Å². The summed E-state index contributed by atoms with van der Waals surface area (Å²) in [6.45, 7) is 7.27. The van der Waals surface area contributed by atoms with Crippen molar-refractivity contribution in [2.24, 2.45) is 11.3 Å². The molecule has 4 atom stereocenters. The minimum Gasteiger partial charge on any atom is -0.311 e. The Morgan fingerprint density at radius 3 is 2.77 bits per heavy atom. The Morgan fingerprint density at radius 1 is 1.46 bits per heavy atom. The highest BCUT2D eigenvalue weighted by molar-refractivity contribution is 4.98. The van der Waals surface area contributed by atoms with Crippen LogP contribution in [-0.2, 0) is 0 Å². The monoisotopic (exact) mass is 181 g/mol. The predicted octanol–water partition coefficient (Wildman–Crippen LogP) is 2.95. The van der Waals surface area contributed by atoms with Crippen LogP contribution in [0.15, 0.2) is 0 Å². The number of hydrogen-bond acceptors (Lipinski definition) is 1. The number of rotatable bonds is 2. The van der Waals surface area contributed by atoms with Crippen LogP contribution in [0, 0.1) is 11.3 Å². The van der Waals surface area contributed by atoms with Gasteiger partial charge in [0, 0.05) is 12.1 Å². The highest BCUT2D eigenvalue weighted by Crippen LogP contribution is 2.45. The summed E-state index contributed by atoms with van der Waals surface area (Å²) in [6, 6.07) is 1.72. The average molecular weight is 181 g/mol. The summed E-state index contributed by atoms with van der Waals surface area (Å²) in [6.07, 6.45) is 7.06. The van der Waals surface area contributed by atoms with Gasteiger partial charge >= 0.3 is 0 Å². The fourth-order valence-electron chi connectivity index (χ4n) is 3.11. The zero-order valence-electron chi connectivity index (χ0n) is 9.27. The number of hydrogen-bond donors (Lipinski definition) is 1. The van der Waals surface area contributed by atoms with E-state index in [2.05, 4.69) is 26.1 Å². The summed E-state index contributed by atoms with van der Waals surface area (Å²) in [7, 11) is 0. The molecule has 3 aliphatic rings. The van der Waals surface area contributed by atoms with Crippen LogP contribution >= 0.6 is 0 Å². The summed E-state index contributed by atoms with van der Waals surface area (Å²) in [5.74, 6) is 0.897. The van der Waals surface area contributed by atoms with Crippen molar-refractivity contribution in [3.63, 3.8) is 0 Å². The van der Waals surface area contributed by atoms with E-state index in [9.17, 15) is 0 Å². The molecule has 1 saturated carbocycles. The molecule has 13 heavy (non-hydrogen) atoms. The van der Waals surface area contributed by atoms with Crippen LogP contribution in [0.5, 0.6) is 0 Å². The Labute approximate surface area is 82.3 Å². The Morgan fingerprint density at radius 2 is 2.15 bits per heavy atom. The van der Waals surface area contributed by atoms with E-state index in [0.29, 0.717) is 5.41 Å². The summed E-state index contributed by atoms with van der Waals surface area (Å²) in [5.41, 5.74) is 0.623. The molecule has 4 unspecified atom stereocenters. The van der Waals surface area contributed by atoms with Crippen molar-refractivity contribution in [3.8, 4) is 0 Å². The molecule has 2 aliphatic heterocycles. The van der Waals surface area contributed by atoms with Crippen molar-refractivity contribution in [2.45, 2.75) is 65.0 Å². The van der Waals surface area contributed by atoms with Gasteiger partial charge in [-0.15, -0.1) is 0 Å². The van der Waals surface area contributed by atoms with Gasteiger partial charge in [0.2, 0.25) is 0 Å². The van der Waals surface area contributed by atoms with Crippen molar-refractivity contribution in [2.75, 3.05) is 0 Å². The average Bonchev–Trinajstić information content (AvgIpc) is 2.31. The van der Waals surface area contributed by atoms with E-state index in [4.69, 9.17) is 0 Å². The smallest absolute Gasteiger partial charge is 0.00897 e.